The molecule has 222 valence electrons. The maximum absolute atomic E-state index is 14.0. The second-order valence-electron chi connectivity index (χ2n) is 9.35. The van der Waals surface area contributed by atoms with Gasteiger partial charge >= 0.3 is 5.97 Å². The molecule has 0 saturated carbocycles. The summed E-state index contributed by atoms with van der Waals surface area (Å²) in [6.45, 7) is 1.87. The number of esters is 1. The fourth-order valence-electron chi connectivity index (χ4n) is 4.73. The Morgan fingerprint density at radius 2 is 1.72 bits per heavy atom. The van der Waals surface area contributed by atoms with Crippen molar-refractivity contribution in [2.75, 3.05) is 20.0 Å². The van der Waals surface area contributed by atoms with Crippen molar-refractivity contribution in [3.05, 3.63) is 94.1 Å². The quantitative estimate of drug-likeness (QED) is 0.150. The summed E-state index contributed by atoms with van der Waals surface area (Å²) >= 11 is 2.52. The van der Waals surface area contributed by atoms with Gasteiger partial charge in [0.15, 0.2) is 16.9 Å². The minimum absolute atomic E-state index is 0.0301. The molecule has 1 saturated heterocycles. The normalized spacial score (nSPS) is 20.1. The molecule has 3 heterocycles. The number of β-lactam (4-membered cyclic amide) rings is 1. The third-order valence-corrected chi connectivity index (χ3v) is 8.81. The number of oxime groups is 2. The zero-order valence-corrected chi connectivity index (χ0v) is 25.0. The number of amides is 2. The van der Waals surface area contributed by atoms with E-state index in [0.717, 1.165) is 22.5 Å². The summed E-state index contributed by atoms with van der Waals surface area (Å²) < 4.78 is 6.12. The number of thioether (sulfide) groups is 1. The molecule has 3 N–H and O–H groups in total. The van der Waals surface area contributed by atoms with Crippen molar-refractivity contribution in [2.24, 2.45) is 10.3 Å². The molecular formula is C29H28N6O6S2. The average Bonchev–Trinajstić information content (AvgIpc) is 3.46. The first kappa shape index (κ1) is 29.8. The fourth-order valence-corrected chi connectivity index (χ4v) is 6.69. The summed E-state index contributed by atoms with van der Waals surface area (Å²) in [5.74, 6) is -1.89. The molecule has 43 heavy (non-hydrogen) atoms. The Bertz CT molecular complexity index is 1550. The van der Waals surface area contributed by atoms with E-state index in [1.54, 1.807) is 5.38 Å². The molecule has 3 aromatic rings. The number of nitrogens with zero attached hydrogens (tertiary/aromatic N) is 4. The molecule has 12 nitrogen and oxygen atoms in total. The topological polar surface area (TPSA) is 158 Å². The predicted octanol–water partition coefficient (Wildman–Crippen LogP) is 3.08. The Balaban J connectivity index is 1.45. The molecule has 1 aromatic heterocycles. The molecular weight excluding hydrogens is 592 g/mol. The number of nitrogens with two attached hydrogens (primary N) is 1. The first-order valence-electron chi connectivity index (χ1n) is 13.1. The number of nitrogen functional groups attached to an aromatic ring is 1. The van der Waals surface area contributed by atoms with E-state index >= 15 is 0 Å². The predicted molar refractivity (Wildman–Crippen MR) is 163 cm³/mol. The van der Waals surface area contributed by atoms with E-state index in [9.17, 15) is 14.4 Å². The molecule has 1 fully saturated rings. The van der Waals surface area contributed by atoms with E-state index in [0.29, 0.717) is 5.57 Å². The Morgan fingerprint density at radius 3 is 2.28 bits per heavy atom. The summed E-state index contributed by atoms with van der Waals surface area (Å²) in [5.41, 5.74) is 7.81. The van der Waals surface area contributed by atoms with Gasteiger partial charge in [0.05, 0.1) is 6.21 Å². The maximum Gasteiger partial charge on any atom is 0.356 e. The van der Waals surface area contributed by atoms with Crippen LogP contribution in [0, 0.1) is 0 Å². The fraction of sp³-hybridized carbons (Fsp3) is 0.241. The largest absolute Gasteiger partial charge is 0.448 e. The van der Waals surface area contributed by atoms with Crippen LogP contribution in [0.25, 0.3) is 0 Å². The molecule has 2 aliphatic rings. The van der Waals surface area contributed by atoms with Crippen LogP contribution < -0.4 is 11.1 Å². The molecule has 1 unspecified atom stereocenters. The number of fused-ring (bicyclic) bond motifs is 1. The van der Waals surface area contributed by atoms with Crippen LogP contribution in [0.1, 0.15) is 29.8 Å². The molecule has 2 amide bonds. The van der Waals surface area contributed by atoms with Crippen LogP contribution in [0.15, 0.2) is 87.6 Å². The standard InChI is InChI=1S/C29H28N6O6S2/c1-16-19(14-31-39-2)23(28(38)41-24(17-10-6-4-7-11-17)18-12-8-5-9-13-18)35-26(37)22(27(35)43-16)33-25(36)21(34-40-3)20-15-42-29(30)32-20/h4-16,22,24,27H,1-3H3,(H2,30,32)(H,33,36)/b31-14?,34-21-/t16-,22?,27-/m1/s1. The number of thiazole rings is 1. The van der Waals surface area contributed by atoms with Crippen molar-refractivity contribution in [2.45, 2.75) is 29.7 Å². The van der Waals surface area contributed by atoms with Crippen molar-refractivity contribution >= 4 is 57.9 Å². The summed E-state index contributed by atoms with van der Waals surface area (Å²) in [4.78, 5) is 55.9. The van der Waals surface area contributed by atoms with Crippen LogP contribution >= 0.6 is 23.1 Å². The van der Waals surface area contributed by atoms with Gasteiger partial charge in [-0.2, -0.15) is 0 Å². The molecule has 3 atom stereocenters. The van der Waals surface area contributed by atoms with Crippen LogP contribution in [0.2, 0.25) is 0 Å². The number of benzene rings is 2. The summed E-state index contributed by atoms with van der Waals surface area (Å²) in [5, 5.41) is 11.3. The van der Waals surface area contributed by atoms with Crippen LogP contribution in [-0.2, 0) is 28.8 Å². The molecule has 0 spiro atoms. The Morgan fingerprint density at radius 1 is 1.07 bits per heavy atom. The minimum Gasteiger partial charge on any atom is -0.448 e. The number of nitrogens with one attached hydrogen (secondary N) is 1. The summed E-state index contributed by atoms with van der Waals surface area (Å²) in [6.07, 6.45) is 0.663. The van der Waals surface area contributed by atoms with Gasteiger partial charge in [-0.05, 0) is 18.1 Å². The van der Waals surface area contributed by atoms with Gasteiger partial charge in [-0.25, -0.2) is 9.78 Å². The van der Waals surface area contributed by atoms with Crippen LogP contribution in [-0.4, -0.2) is 70.5 Å². The van der Waals surface area contributed by atoms with E-state index in [-0.39, 0.29) is 27.5 Å². The Labute approximate surface area is 255 Å². The van der Waals surface area contributed by atoms with E-state index in [1.807, 2.05) is 67.6 Å². The second-order valence-corrected chi connectivity index (χ2v) is 11.7. The molecule has 0 aliphatic carbocycles. The highest BCUT2D eigenvalue weighted by molar-refractivity contribution is 8.00. The number of carbonyl (C=O) groups is 3. The van der Waals surface area contributed by atoms with Gasteiger partial charge in [0.1, 0.15) is 37.0 Å². The lowest BCUT2D eigenvalue weighted by molar-refractivity contribution is -0.154. The lowest BCUT2D eigenvalue weighted by atomic mass is 9.99. The van der Waals surface area contributed by atoms with Crippen molar-refractivity contribution in [3.8, 4) is 0 Å². The number of aromatic nitrogens is 1. The number of carbonyl (C=O) groups excluding carboxylic acids is 3. The molecule has 2 aliphatic heterocycles. The first-order valence-corrected chi connectivity index (χ1v) is 14.9. The number of rotatable bonds is 10. The smallest absolute Gasteiger partial charge is 0.356 e. The van der Waals surface area contributed by atoms with Crippen molar-refractivity contribution in [3.63, 3.8) is 0 Å². The second kappa shape index (κ2) is 13.1. The number of ether oxygens (including phenoxy) is 1. The van der Waals surface area contributed by atoms with Gasteiger partial charge in [-0.3, -0.25) is 14.5 Å². The van der Waals surface area contributed by atoms with Crippen molar-refractivity contribution in [1.82, 2.24) is 15.2 Å². The van der Waals surface area contributed by atoms with Crippen molar-refractivity contribution in [1.29, 1.82) is 0 Å². The monoisotopic (exact) mass is 620 g/mol. The average molecular weight is 621 g/mol. The Kier molecular flexibility index (Phi) is 9.07. The Hall–Kier alpha value is -4.69. The van der Waals surface area contributed by atoms with Crippen LogP contribution in [0.3, 0.4) is 0 Å². The highest BCUT2D eigenvalue weighted by Crippen LogP contribution is 2.44. The van der Waals surface area contributed by atoms with Gasteiger partial charge < -0.3 is 25.5 Å². The van der Waals surface area contributed by atoms with Gasteiger partial charge in [-0.1, -0.05) is 71.0 Å². The van der Waals surface area contributed by atoms with E-state index < -0.39 is 35.3 Å². The van der Waals surface area contributed by atoms with E-state index in [4.69, 9.17) is 20.1 Å². The third kappa shape index (κ3) is 6.10. The summed E-state index contributed by atoms with van der Waals surface area (Å²) in [7, 11) is 2.68. The van der Waals surface area contributed by atoms with Crippen molar-refractivity contribution < 1.29 is 28.8 Å². The van der Waals surface area contributed by atoms with E-state index in [2.05, 4.69) is 20.6 Å². The first-order chi connectivity index (χ1) is 20.8. The highest BCUT2D eigenvalue weighted by Gasteiger charge is 2.56. The zero-order valence-electron chi connectivity index (χ0n) is 23.4. The molecule has 2 aromatic carbocycles. The lowest BCUT2D eigenvalue weighted by Gasteiger charge is -2.50. The minimum atomic E-state index is -0.958. The van der Waals surface area contributed by atoms with Crippen LogP contribution in [0.4, 0.5) is 5.13 Å². The lowest BCUT2D eigenvalue weighted by Crippen LogP contribution is -2.71. The molecule has 0 bridgehead atoms. The summed E-state index contributed by atoms with van der Waals surface area (Å²) in [6, 6.07) is 17.7. The molecule has 0 radical (unpaired) electrons. The zero-order chi connectivity index (χ0) is 30.5. The SMILES string of the molecule is CON=CC1=C(C(=O)OC(c2ccccc2)c2ccccc2)N2C(=O)C(NC(=O)/C(=N\OC)c3csc(N)n3)[C@H]2S[C@@H]1C. The maximum atomic E-state index is 14.0. The number of hydrogen-bond donors (Lipinski definition) is 2. The molecule has 5 rings (SSSR count). The van der Waals surface area contributed by atoms with Crippen LogP contribution in [0.5, 0.6) is 0 Å². The highest BCUT2D eigenvalue weighted by atomic mass is 32.2. The van der Waals surface area contributed by atoms with Gasteiger partial charge in [0.2, 0.25) is 0 Å². The van der Waals surface area contributed by atoms with Gasteiger partial charge in [0.25, 0.3) is 11.8 Å². The number of anilines is 1. The van der Waals surface area contributed by atoms with Gasteiger partial charge in [0, 0.05) is 16.2 Å². The van der Waals surface area contributed by atoms with Gasteiger partial charge in [-0.15, -0.1) is 23.1 Å². The third-order valence-electron chi connectivity index (χ3n) is 6.71. The molecule has 14 heteroatoms. The van der Waals surface area contributed by atoms with E-state index in [1.165, 1.54) is 37.1 Å². The number of hydrogen-bond acceptors (Lipinski definition) is 12.